The molecule has 0 atom stereocenters. The highest BCUT2D eigenvalue weighted by atomic mass is 35.5. The lowest BCUT2D eigenvalue weighted by molar-refractivity contribution is 0.794. The third kappa shape index (κ3) is 4.23. The van der Waals surface area contributed by atoms with Gasteiger partial charge in [-0.15, -0.1) is 12.4 Å². The average Bonchev–Trinajstić information content (AvgIpc) is 3.28. The largest absolute Gasteiger partial charge is 0.340 e. The molecule has 0 spiro atoms. The Labute approximate surface area is 196 Å². The molecule has 1 N–H and O–H groups in total. The van der Waals surface area contributed by atoms with Gasteiger partial charge in [0, 0.05) is 27.1 Å². The predicted molar refractivity (Wildman–Crippen MR) is 128 cm³/mol. The van der Waals surface area contributed by atoms with E-state index in [9.17, 15) is 0 Å². The molecule has 0 aliphatic rings. The molecule has 4 aromatic rings. The number of hydrogen-bond acceptors (Lipinski definition) is 2. The molecule has 4 rings (SSSR count). The minimum atomic E-state index is 0. The first-order valence-corrected chi connectivity index (χ1v) is 10.3. The molecule has 30 heavy (non-hydrogen) atoms. The van der Waals surface area contributed by atoms with Gasteiger partial charge in [-0.1, -0.05) is 60.8 Å². The zero-order chi connectivity index (χ0) is 20.7. The van der Waals surface area contributed by atoms with Crippen LogP contribution in [0.15, 0.2) is 48.7 Å². The molecule has 0 fully saturated rings. The van der Waals surface area contributed by atoms with Crippen molar-refractivity contribution in [2.75, 3.05) is 0 Å². The van der Waals surface area contributed by atoms with Crippen LogP contribution in [-0.2, 0) is 0 Å². The molecule has 0 radical (unpaired) electrons. The Morgan fingerprint density at radius 3 is 2.23 bits per heavy atom. The molecule has 0 saturated heterocycles. The SMILES string of the molecule is Cc1c(-c2cnc(C(C)C)[nH]2)nn(-c2ccc(Cl)cc2Cl)c1-c1ccc(Cl)cc1.Cl. The summed E-state index contributed by atoms with van der Waals surface area (Å²) in [5.74, 6) is 1.22. The molecule has 4 nitrogen and oxygen atoms in total. The van der Waals surface area contributed by atoms with Crippen molar-refractivity contribution in [2.24, 2.45) is 0 Å². The number of benzene rings is 2. The monoisotopic (exact) mass is 480 g/mol. The first-order chi connectivity index (χ1) is 13.8. The topological polar surface area (TPSA) is 46.5 Å². The van der Waals surface area contributed by atoms with Crippen molar-refractivity contribution in [1.82, 2.24) is 19.7 Å². The third-order valence-corrected chi connectivity index (χ3v) is 5.57. The highest BCUT2D eigenvalue weighted by Gasteiger charge is 2.21. The van der Waals surface area contributed by atoms with Gasteiger partial charge in [0.05, 0.1) is 28.3 Å². The second-order valence-corrected chi connectivity index (χ2v) is 8.45. The van der Waals surface area contributed by atoms with Crippen LogP contribution in [0.25, 0.3) is 28.3 Å². The van der Waals surface area contributed by atoms with Gasteiger partial charge < -0.3 is 4.98 Å². The number of nitrogens with zero attached hydrogens (tertiary/aromatic N) is 3. The van der Waals surface area contributed by atoms with Gasteiger partial charge in [0.1, 0.15) is 11.5 Å². The Morgan fingerprint density at radius 2 is 1.63 bits per heavy atom. The lowest BCUT2D eigenvalue weighted by atomic mass is 10.1. The van der Waals surface area contributed by atoms with Crippen LogP contribution in [0.1, 0.15) is 31.2 Å². The summed E-state index contributed by atoms with van der Waals surface area (Å²) >= 11 is 18.7. The van der Waals surface area contributed by atoms with E-state index in [1.807, 2.05) is 48.1 Å². The van der Waals surface area contributed by atoms with E-state index in [4.69, 9.17) is 39.9 Å². The summed E-state index contributed by atoms with van der Waals surface area (Å²) in [5.41, 5.74) is 5.36. The Morgan fingerprint density at radius 1 is 0.967 bits per heavy atom. The molecular weight excluding hydrogens is 462 g/mol. The Bertz CT molecular complexity index is 1180. The van der Waals surface area contributed by atoms with Crippen LogP contribution in [0.2, 0.25) is 15.1 Å². The molecule has 0 unspecified atom stereocenters. The molecule has 0 aliphatic heterocycles. The van der Waals surface area contributed by atoms with Crippen LogP contribution in [-0.4, -0.2) is 19.7 Å². The van der Waals surface area contributed by atoms with Gasteiger partial charge >= 0.3 is 0 Å². The van der Waals surface area contributed by atoms with Crippen molar-refractivity contribution in [1.29, 1.82) is 0 Å². The lowest BCUT2D eigenvalue weighted by Gasteiger charge is -2.11. The maximum atomic E-state index is 6.52. The van der Waals surface area contributed by atoms with Crippen LogP contribution in [0.5, 0.6) is 0 Å². The number of aromatic amines is 1. The van der Waals surface area contributed by atoms with E-state index in [1.54, 1.807) is 12.1 Å². The number of H-pyrrole nitrogens is 1. The van der Waals surface area contributed by atoms with Gasteiger partial charge in [0.25, 0.3) is 0 Å². The Balaban J connectivity index is 0.00000256. The summed E-state index contributed by atoms with van der Waals surface area (Å²) in [6.45, 7) is 6.24. The quantitative estimate of drug-likeness (QED) is 0.324. The summed E-state index contributed by atoms with van der Waals surface area (Å²) in [4.78, 5) is 7.88. The van der Waals surface area contributed by atoms with E-state index in [0.29, 0.717) is 21.0 Å². The van der Waals surface area contributed by atoms with Gasteiger partial charge in [-0.3, -0.25) is 0 Å². The molecule has 2 aromatic heterocycles. The summed E-state index contributed by atoms with van der Waals surface area (Å²) in [6, 6.07) is 13.1. The zero-order valence-electron chi connectivity index (χ0n) is 16.6. The summed E-state index contributed by atoms with van der Waals surface area (Å²) in [5, 5.41) is 6.67. The van der Waals surface area contributed by atoms with E-state index < -0.39 is 0 Å². The molecule has 2 aromatic carbocycles. The average molecular weight is 482 g/mol. The molecular formula is C22H20Cl4N4. The number of rotatable bonds is 4. The van der Waals surface area contributed by atoms with E-state index >= 15 is 0 Å². The minimum Gasteiger partial charge on any atom is -0.340 e. The van der Waals surface area contributed by atoms with Crippen molar-refractivity contribution in [3.63, 3.8) is 0 Å². The van der Waals surface area contributed by atoms with E-state index in [1.165, 1.54) is 0 Å². The molecule has 0 bridgehead atoms. The van der Waals surface area contributed by atoms with E-state index in [-0.39, 0.29) is 12.4 Å². The van der Waals surface area contributed by atoms with Crippen LogP contribution in [0.3, 0.4) is 0 Å². The van der Waals surface area contributed by atoms with Gasteiger partial charge in [-0.25, -0.2) is 9.67 Å². The van der Waals surface area contributed by atoms with Crippen molar-refractivity contribution < 1.29 is 0 Å². The maximum absolute atomic E-state index is 6.52. The van der Waals surface area contributed by atoms with Crippen molar-refractivity contribution >= 4 is 47.2 Å². The smallest absolute Gasteiger partial charge is 0.114 e. The Kier molecular flexibility index (Phi) is 6.83. The van der Waals surface area contributed by atoms with Crippen LogP contribution in [0.4, 0.5) is 0 Å². The second kappa shape index (κ2) is 9.03. The lowest BCUT2D eigenvalue weighted by Crippen LogP contribution is -2.00. The van der Waals surface area contributed by atoms with Crippen LogP contribution in [0, 0.1) is 6.92 Å². The zero-order valence-corrected chi connectivity index (χ0v) is 19.7. The van der Waals surface area contributed by atoms with E-state index in [2.05, 4.69) is 23.8 Å². The fraction of sp³-hybridized carbons (Fsp3) is 0.182. The van der Waals surface area contributed by atoms with Gasteiger partial charge in [-0.05, 0) is 37.3 Å². The number of halogens is 4. The second-order valence-electron chi connectivity index (χ2n) is 7.17. The van der Waals surface area contributed by atoms with Gasteiger partial charge in [0.15, 0.2) is 0 Å². The van der Waals surface area contributed by atoms with Crippen LogP contribution >= 0.6 is 47.2 Å². The maximum Gasteiger partial charge on any atom is 0.114 e. The number of nitrogens with one attached hydrogen (secondary N) is 1. The van der Waals surface area contributed by atoms with Crippen LogP contribution < -0.4 is 0 Å². The normalized spacial score (nSPS) is 11.0. The van der Waals surface area contributed by atoms with Gasteiger partial charge in [0.2, 0.25) is 0 Å². The van der Waals surface area contributed by atoms with Crippen molar-refractivity contribution in [3.05, 3.63) is 75.1 Å². The minimum absolute atomic E-state index is 0. The standard InChI is InChI=1S/C22H19Cl3N4.ClH/c1-12(2)22-26-11-18(27-22)20-13(3)21(14-4-6-15(23)7-5-14)29(28-20)19-9-8-16(24)10-17(19)25;/h4-12H,1-3H3,(H,26,27);1H. The summed E-state index contributed by atoms with van der Waals surface area (Å²) < 4.78 is 1.85. The van der Waals surface area contributed by atoms with E-state index in [0.717, 1.165) is 39.7 Å². The number of hydrogen-bond donors (Lipinski definition) is 1. The fourth-order valence-corrected chi connectivity index (χ4v) is 3.89. The molecule has 0 saturated carbocycles. The fourth-order valence-electron chi connectivity index (χ4n) is 3.28. The summed E-state index contributed by atoms with van der Waals surface area (Å²) in [7, 11) is 0. The highest BCUT2D eigenvalue weighted by Crippen LogP contribution is 2.36. The predicted octanol–water partition coefficient (Wildman–Crippen LogP) is 7.74. The molecule has 2 heterocycles. The molecule has 8 heteroatoms. The molecule has 156 valence electrons. The number of imidazole rings is 1. The third-order valence-electron chi connectivity index (χ3n) is 4.78. The van der Waals surface area contributed by atoms with Crippen molar-refractivity contribution in [2.45, 2.75) is 26.7 Å². The summed E-state index contributed by atoms with van der Waals surface area (Å²) in [6.07, 6.45) is 1.82. The highest BCUT2D eigenvalue weighted by molar-refractivity contribution is 6.35. The van der Waals surface area contributed by atoms with Gasteiger partial charge in [-0.2, -0.15) is 5.10 Å². The number of aromatic nitrogens is 4. The molecule has 0 amide bonds. The van der Waals surface area contributed by atoms with Crippen molar-refractivity contribution in [3.8, 4) is 28.3 Å². The molecule has 0 aliphatic carbocycles. The first-order valence-electron chi connectivity index (χ1n) is 9.21. The Hall–Kier alpha value is -1.98. The first kappa shape index (κ1) is 22.7.